The molecule has 13 heteroatoms. The molecule has 5 aromatic carbocycles. The molecule has 0 unspecified atom stereocenters. The van der Waals surface area contributed by atoms with Crippen molar-refractivity contribution in [2.24, 2.45) is 0 Å². The zero-order valence-electron chi connectivity index (χ0n) is 35.9. The van der Waals surface area contributed by atoms with Crippen LogP contribution in [-0.2, 0) is 35.2 Å². The molecule has 0 aliphatic carbocycles. The largest absolute Gasteiger partial charge is 0.628 e. The molecule has 6 heterocycles. The second-order valence-corrected chi connectivity index (χ2v) is 14.7. The summed E-state index contributed by atoms with van der Waals surface area (Å²) in [6.07, 6.45) is 0. The minimum Gasteiger partial charge on any atom is -0.628 e. The third-order valence-corrected chi connectivity index (χ3v) is 11.0. The number of benzene rings is 5. The van der Waals surface area contributed by atoms with Crippen LogP contribution in [0.1, 0.15) is 73.4 Å². The van der Waals surface area contributed by atoms with Gasteiger partial charge in [-0.25, -0.2) is 9.78 Å². The Labute approximate surface area is 394 Å². The van der Waals surface area contributed by atoms with Gasteiger partial charge in [-0.05, 0) is 119 Å². The molecule has 0 spiro atoms. The van der Waals surface area contributed by atoms with Gasteiger partial charge in [0, 0.05) is 148 Å². The van der Waals surface area contributed by atoms with Crippen molar-refractivity contribution >= 4 is 5.69 Å². The van der Waals surface area contributed by atoms with E-state index >= 15 is 0 Å². The number of aromatic nitrogens is 4. The first-order chi connectivity index (χ1) is 32.0. The first kappa shape index (κ1) is 45.0. The predicted octanol–water partition coefficient (Wildman–Crippen LogP) is 8.78. The average molecular weight is 922 g/mol. The maximum atomic E-state index is 11.6. The third kappa shape index (κ3) is 8.52. The van der Waals surface area contributed by atoms with Crippen molar-refractivity contribution in [3.8, 4) is 0 Å². The standard InChI is InChI=1S/C51H32N6O4.2CH4O.Zn/c58-57(59)38-23-21-37(22-24-38)51(60-61-51)55-56-45-31-32-46(56)50(36-19-11-4-12-20-36)44-30-28-42(54-44)48(34-15-7-2-8-16-34)40-26-25-39(52-40)47(33-13-5-1-6-14-33)41-27-29-43(53-41)49(45)35-17-9-3-10-18-35;2*1-2;/h1-32H;2*2H,1H3;. The van der Waals surface area contributed by atoms with Gasteiger partial charge in [-0.1, -0.05) is 0 Å². The molecule has 8 bridgehead atoms. The number of fused-ring (bicyclic) bond motifs is 8. The monoisotopic (exact) mass is 920 g/mol. The van der Waals surface area contributed by atoms with E-state index in [1.165, 1.54) is 12.1 Å². The minimum atomic E-state index is -1.60. The van der Waals surface area contributed by atoms with Crippen LogP contribution < -0.4 is 15.0 Å². The fourth-order valence-corrected chi connectivity index (χ4v) is 8.12. The van der Waals surface area contributed by atoms with Crippen LogP contribution >= 0.6 is 0 Å². The van der Waals surface area contributed by atoms with Crippen LogP contribution in [0.2, 0.25) is 0 Å². The Balaban J connectivity index is 0.00000115. The van der Waals surface area contributed by atoms with E-state index in [1.807, 2.05) is 114 Å². The molecule has 66 heavy (non-hydrogen) atoms. The van der Waals surface area contributed by atoms with E-state index in [-0.39, 0.29) is 25.2 Å². The summed E-state index contributed by atoms with van der Waals surface area (Å²) in [5.74, 6) is 1.79. The first-order valence-corrected chi connectivity index (χ1v) is 20.6. The molecule has 2 aliphatic heterocycles. The van der Waals surface area contributed by atoms with E-state index in [4.69, 9.17) is 40.4 Å². The summed E-state index contributed by atoms with van der Waals surface area (Å²) in [6.45, 7) is 0. The number of nitro groups is 1. The van der Waals surface area contributed by atoms with Crippen LogP contribution in [0, 0.1) is 33.8 Å². The quantitative estimate of drug-likeness (QED) is 0.0378. The van der Waals surface area contributed by atoms with Crippen molar-refractivity contribution < 1.29 is 44.4 Å². The second kappa shape index (κ2) is 19.6. The molecule has 12 nitrogen and oxygen atoms in total. The van der Waals surface area contributed by atoms with Gasteiger partial charge in [0.2, 0.25) is 5.91 Å². The topological polar surface area (TPSA) is 170 Å². The van der Waals surface area contributed by atoms with Crippen LogP contribution in [0.25, 0.3) is 5.43 Å². The van der Waals surface area contributed by atoms with Crippen LogP contribution in [0.4, 0.5) is 5.69 Å². The molecule has 320 valence electrons. The number of hydrogen-bond donors (Lipinski definition) is 2. The maximum absolute atomic E-state index is 11.6. The van der Waals surface area contributed by atoms with Crippen molar-refractivity contribution in [1.29, 1.82) is 0 Å². The van der Waals surface area contributed by atoms with Crippen molar-refractivity contribution in [3.63, 3.8) is 0 Å². The summed E-state index contributed by atoms with van der Waals surface area (Å²) in [5.41, 5.74) is 15.3. The zero-order valence-corrected chi connectivity index (χ0v) is 38.9. The van der Waals surface area contributed by atoms with Crippen molar-refractivity contribution in [3.05, 3.63) is 307 Å². The predicted molar refractivity (Wildman–Crippen MR) is 244 cm³/mol. The molecule has 0 radical (unpaired) electrons. The number of nitrogens with zero attached hydrogens (tertiary/aromatic N) is 6. The van der Waals surface area contributed by atoms with Crippen LogP contribution in [-0.4, -0.2) is 34.0 Å². The number of nitro benzene ring substituents is 1. The van der Waals surface area contributed by atoms with Gasteiger partial charge >= 0.3 is 0 Å². The number of rotatable bonds is 8. The Bertz CT molecular complexity index is 2800. The fourth-order valence-electron chi connectivity index (χ4n) is 8.12. The molecule has 0 atom stereocenters. The first-order valence-electron chi connectivity index (χ1n) is 20.6. The van der Waals surface area contributed by atoms with Gasteiger partial charge in [0.1, 0.15) is 11.4 Å². The van der Waals surface area contributed by atoms with Gasteiger partial charge in [0.15, 0.2) is 0 Å². The normalized spacial score (nSPS) is 13.3. The van der Waals surface area contributed by atoms with E-state index in [1.54, 1.807) is 12.1 Å². The number of hydrogen-bond acceptors (Lipinski definition) is 6. The molecule has 9 aromatic rings. The molecular formula is C53H40N6O6Zn. The Morgan fingerprint density at radius 2 is 0.773 bits per heavy atom. The number of non-ortho nitro benzene ring substituents is 1. The summed E-state index contributed by atoms with van der Waals surface area (Å²) in [5, 5.41) is 25.6. The van der Waals surface area contributed by atoms with Crippen molar-refractivity contribution in [2.45, 2.75) is 5.91 Å². The van der Waals surface area contributed by atoms with Gasteiger partial charge in [-0.3, -0.25) is 10.1 Å². The Hall–Kier alpha value is -7.64. The summed E-state index contributed by atoms with van der Waals surface area (Å²) in [7, 11) is 2.00. The molecule has 0 saturated carbocycles. The number of aliphatic hydroxyl groups excluding tert-OH is 2. The molecule has 4 aromatic heterocycles. The van der Waals surface area contributed by atoms with Crippen LogP contribution in [0.3, 0.4) is 0 Å². The fraction of sp³-hybridized carbons (Fsp3) is 0.0566. The molecule has 0 amide bonds. The zero-order chi connectivity index (χ0) is 44.9. The maximum Gasteiger partial charge on any atom is 0.269 e. The Morgan fingerprint density at radius 1 is 0.470 bits per heavy atom. The Morgan fingerprint density at radius 3 is 1.08 bits per heavy atom. The summed E-state index contributed by atoms with van der Waals surface area (Å²) in [4.78, 5) is 38.8. The van der Waals surface area contributed by atoms with E-state index in [9.17, 15) is 10.1 Å². The SMILES string of the molecule is CO.CO.O=[N+]([O-])c1ccc(C2([N-]n3c4ccc3[C+](c3ccccc3)c3ccc([n-]3)[C+](c3ccccc3)c3ccc([n-]3)[C+](c3ccccc3)c3ccc([n-]3)[C+]4c3ccccc3)OO2)cc1.[Zn]. The van der Waals surface area contributed by atoms with Crippen LogP contribution in [0.5, 0.6) is 0 Å². The van der Waals surface area contributed by atoms with Gasteiger partial charge in [0.05, 0.1) is 51.1 Å². The third-order valence-electron chi connectivity index (χ3n) is 11.0. The summed E-state index contributed by atoms with van der Waals surface area (Å²) in [6, 6.07) is 62.9. The van der Waals surface area contributed by atoms with Crippen molar-refractivity contribution in [2.75, 3.05) is 14.2 Å². The average Bonchev–Trinajstić information content (AvgIpc) is 3.83. The second-order valence-electron chi connectivity index (χ2n) is 14.7. The molecule has 2 aliphatic rings. The van der Waals surface area contributed by atoms with Crippen LogP contribution in [0.15, 0.2) is 194 Å². The van der Waals surface area contributed by atoms with Gasteiger partial charge in [0.25, 0.3) is 5.69 Å². The molecule has 1 saturated heterocycles. The van der Waals surface area contributed by atoms with E-state index < -0.39 is 10.8 Å². The summed E-state index contributed by atoms with van der Waals surface area (Å²) >= 11 is 0. The minimum absolute atomic E-state index is 0. The molecule has 1 fully saturated rings. The molecular weight excluding hydrogens is 882 g/mol. The van der Waals surface area contributed by atoms with E-state index in [0.29, 0.717) is 28.3 Å². The molecule has 2 N–H and O–H groups in total. The number of aliphatic hydroxyl groups is 2. The van der Waals surface area contributed by atoms with Gasteiger partial charge < -0.3 is 35.3 Å². The summed E-state index contributed by atoms with van der Waals surface area (Å²) < 4.78 is 1.83. The smallest absolute Gasteiger partial charge is 0.269 e. The van der Waals surface area contributed by atoms with Gasteiger partial charge in [-0.15, -0.1) is 0 Å². The Kier molecular flexibility index (Phi) is 13.4. The van der Waals surface area contributed by atoms with Gasteiger partial charge in [-0.2, -0.15) is 0 Å². The van der Waals surface area contributed by atoms with E-state index in [2.05, 4.69) is 60.7 Å². The molecule has 11 rings (SSSR count). The van der Waals surface area contributed by atoms with E-state index in [0.717, 1.165) is 82.9 Å². The van der Waals surface area contributed by atoms with Crippen molar-refractivity contribution in [1.82, 2.24) is 19.6 Å².